The Kier molecular flexibility index (Phi) is 4.88. The largest absolute Gasteiger partial charge is 0.197 e. The van der Waals surface area contributed by atoms with E-state index in [-0.39, 0.29) is 0 Å². The molecule has 3 aromatic carbocycles. The smallest absolute Gasteiger partial charge is 0.112 e. The van der Waals surface area contributed by atoms with Gasteiger partial charge in [0.2, 0.25) is 0 Å². The molecule has 5 rings (SSSR count). The van der Waals surface area contributed by atoms with Crippen LogP contribution in [-0.2, 0) is 0 Å². The maximum Gasteiger partial charge on any atom is 0.112 e. The maximum absolute atomic E-state index is 4.07. The van der Waals surface area contributed by atoms with E-state index < -0.39 is 0 Å². The summed E-state index contributed by atoms with van der Waals surface area (Å²) in [7, 11) is 0. The van der Waals surface area contributed by atoms with Gasteiger partial charge in [0.05, 0.1) is 11.4 Å². The molecule has 6 nitrogen and oxygen atoms in total. The quantitative estimate of drug-likeness (QED) is 0.516. The highest BCUT2D eigenvalue weighted by Crippen LogP contribution is 2.21. The Morgan fingerprint density at radius 3 is 1.44 bits per heavy atom. The third-order valence-electron chi connectivity index (χ3n) is 3.94. The maximum atomic E-state index is 4.07. The predicted octanol–water partition coefficient (Wildman–Crippen LogP) is 4.16. The summed E-state index contributed by atoms with van der Waals surface area (Å²) in [5, 5.41) is 22.3. The number of nitrogens with zero attached hydrogens (tertiary/aromatic N) is 5. The summed E-state index contributed by atoms with van der Waals surface area (Å²) in [6, 6.07) is 29.6. The lowest BCUT2D eigenvalue weighted by molar-refractivity contribution is 0.876. The molecule has 2 aromatic heterocycles. The standard InChI is InChI=1S/C15H11N3.C6H5N3/c1-3-7-12(8-4-1)14-11-15(17-18-16-14)13-9-5-2-6-10-13;1-2-4-6-5(3-1)7-9-8-6/h1-11H;1-4H,(H,7,8,9). The zero-order valence-electron chi connectivity index (χ0n) is 14.4. The van der Waals surface area contributed by atoms with Crippen LogP contribution in [0.15, 0.2) is 91.0 Å². The summed E-state index contributed by atoms with van der Waals surface area (Å²) in [5.41, 5.74) is 5.60. The third kappa shape index (κ3) is 4.01. The van der Waals surface area contributed by atoms with Gasteiger partial charge in [0.1, 0.15) is 11.0 Å². The molecule has 0 aliphatic carbocycles. The number of rotatable bonds is 2. The summed E-state index contributed by atoms with van der Waals surface area (Å²) in [4.78, 5) is 0. The number of hydrogen-bond acceptors (Lipinski definition) is 5. The summed E-state index contributed by atoms with van der Waals surface area (Å²) in [6.45, 7) is 0. The molecule has 0 saturated carbocycles. The van der Waals surface area contributed by atoms with Gasteiger partial charge in [-0.05, 0) is 23.4 Å². The Morgan fingerprint density at radius 2 is 0.963 bits per heavy atom. The molecular formula is C21H16N6. The average Bonchev–Trinajstić information content (AvgIpc) is 3.25. The Morgan fingerprint density at radius 1 is 0.519 bits per heavy atom. The second-order valence-corrected chi connectivity index (χ2v) is 5.75. The van der Waals surface area contributed by atoms with Crippen LogP contribution in [0.3, 0.4) is 0 Å². The minimum absolute atomic E-state index is 0.837. The first-order chi connectivity index (χ1) is 13.4. The molecule has 0 fully saturated rings. The van der Waals surface area contributed by atoms with E-state index in [4.69, 9.17) is 0 Å². The molecule has 0 radical (unpaired) electrons. The highest BCUT2D eigenvalue weighted by molar-refractivity contribution is 5.72. The van der Waals surface area contributed by atoms with Crippen LogP contribution in [0.5, 0.6) is 0 Å². The number of aromatic amines is 1. The summed E-state index contributed by atoms with van der Waals surface area (Å²) in [5.74, 6) is 0. The molecule has 0 aliphatic rings. The Labute approximate surface area is 155 Å². The number of benzene rings is 3. The molecular weight excluding hydrogens is 336 g/mol. The molecule has 0 spiro atoms. The SMILES string of the molecule is c1ccc(-c2cc(-c3ccccc3)nnn2)cc1.c1ccc2n[nH]nc2c1. The van der Waals surface area contributed by atoms with Gasteiger partial charge >= 0.3 is 0 Å². The van der Waals surface area contributed by atoms with Crippen LogP contribution in [0.25, 0.3) is 33.5 Å². The zero-order valence-corrected chi connectivity index (χ0v) is 14.4. The molecule has 0 aliphatic heterocycles. The molecule has 0 atom stereocenters. The van der Waals surface area contributed by atoms with Crippen LogP contribution >= 0.6 is 0 Å². The normalized spacial score (nSPS) is 10.2. The predicted molar refractivity (Wildman–Crippen MR) is 105 cm³/mol. The van der Waals surface area contributed by atoms with Crippen LogP contribution in [0.4, 0.5) is 0 Å². The second-order valence-electron chi connectivity index (χ2n) is 5.75. The molecule has 1 N–H and O–H groups in total. The first-order valence-electron chi connectivity index (χ1n) is 8.47. The van der Waals surface area contributed by atoms with Gasteiger partial charge in [-0.3, -0.25) is 0 Å². The third-order valence-corrected chi connectivity index (χ3v) is 3.94. The Balaban J connectivity index is 0.000000167. The molecule has 0 unspecified atom stereocenters. The minimum atomic E-state index is 0.837. The summed E-state index contributed by atoms with van der Waals surface area (Å²) < 4.78 is 0. The highest BCUT2D eigenvalue weighted by Gasteiger charge is 2.04. The minimum Gasteiger partial charge on any atom is -0.197 e. The number of fused-ring (bicyclic) bond motifs is 1. The van der Waals surface area contributed by atoms with Crippen molar-refractivity contribution in [2.45, 2.75) is 0 Å². The van der Waals surface area contributed by atoms with Crippen molar-refractivity contribution in [2.24, 2.45) is 0 Å². The number of H-pyrrole nitrogens is 1. The first-order valence-corrected chi connectivity index (χ1v) is 8.47. The van der Waals surface area contributed by atoms with Crippen LogP contribution in [0.1, 0.15) is 0 Å². The lowest BCUT2D eigenvalue weighted by atomic mass is 10.1. The summed E-state index contributed by atoms with van der Waals surface area (Å²) in [6.07, 6.45) is 0. The number of para-hydroxylation sites is 2. The lowest BCUT2D eigenvalue weighted by Crippen LogP contribution is -1.93. The van der Waals surface area contributed by atoms with Crippen LogP contribution in [0.2, 0.25) is 0 Å². The number of nitrogens with one attached hydrogen (secondary N) is 1. The zero-order chi connectivity index (χ0) is 18.3. The molecule has 2 heterocycles. The average molecular weight is 352 g/mol. The molecule has 6 heteroatoms. The van der Waals surface area contributed by atoms with Gasteiger partial charge in [0, 0.05) is 11.1 Å². The van der Waals surface area contributed by atoms with E-state index in [9.17, 15) is 0 Å². The van der Waals surface area contributed by atoms with Gasteiger partial charge < -0.3 is 0 Å². The molecule has 5 aromatic rings. The van der Waals surface area contributed by atoms with Gasteiger partial charge in [0.15, 0.2) is 0 Å². The van der Waals surface area contributed by atoms with E-state index in [0.717, 1.165) is 33.5 Å². The molecule has 0 amide bonds. The van der Waals surface area contributed by atoms with Crippen molar-refractivity contribution >= 4 is 11.0 Å². The van der Waals surface area contributed by atoms with E-state index in [1.807, 2.05) is 91.0 Å². The van der Waals surface area contributed by atoms with E-state index in [1.165, 1.54) is 0 Å². The van der Waals surface area contributed by atoms with Crippen molar-refractivity contribution in [1.82, 2.24) is 30.8 Å². The van der Waals surface area contributed by atoms with Crippen molar-refractivity contribution in [2.75, 3.05) is 0 Å². The van der Waals surface area contributed by atoms with Crippen molar-refractivity contribution in [3.8, 4) is 22.5 Å². The monoisotopic (exact) mass is 352 g/mol. The van der Waals surface area contributed by atoms with Crippen molar-refractivity contribution in [3.63, 3.8) is 0 Å². The topological polar surface area (TPSA) is 80.2 Å². The van der Waals surface area contributed by atoms with Crippen molar-refractivity contribution < 1.29 is 0 Å². The highest BCUT2D eigenvalue weighted by atomic mass is 15.3. The van der Waals surface area contributed by atoms with Gasteiger partial charge in [-0.25, -0.2) is 0 Å². The van der Waals surface area contributed by atoms with Gasteiger partial charge in [-0.1, -0.05) is 72.8 Å². The van der Waals surface area contributed by atoms with E-state index in [2.05, 4.69) is 30.8 Å². The first kappa shape index (κ1) is 16.5. The summed E-state index contributed by atoms with van der Waals surface area (Å²) >= 11 is 0. The molecule has 27 heavy (non-hydrogen) atoms. The van der Waals surface area contributed by atoms with Crippen LogP contribution in [0, 0.1) is 0 Å². The number of hydrogen-bond donors (Lipinski definition) is 1. The van der Waals surface area contributed by atoms with Gasteiger partial charge in [0.25, 0.3) is 0 Å². The molecule has 0 bridgehead atoms. The number of aromatic nitrogens is 6. The van der Waals surface area contributed by atoms with Crippen LogP contribution in [-0.4, -0.2) is 30.8 Å². The van der Waals surface area contributed by atoms with Crippen molar-refractivity contribution in [3.05, 3.63) is 91.0 Å². The van der Waals surface area contributed by atoms with Gasteiger partial charge in [-0.2, -0.15) is 15.4 Å². The molecule has 130 valence electrons. The lowest BCUT2D eigenvalue weighted by Gasteiger charge is -2.02. The fraction of sp³-hybridized carbons (Fsp3) is 0. The van der Waals surface area contributed by atoms with E-state index in [0.29, 0.717) is 0 Å². The fourth-order valence-electron chi connectivity index (χ4n) is 2.59. The van der Waals surface area contributed by atoms with Crippen LogP contribution < -0.4 is 0 Å². The second kappa shape index (κ2) is 7.97. The van der Waals surface area contributed by atoms with E-state index in [1.54, 1.807) is 0 Å². The Hall–Kier alpha value is -3.93. The Bertz CT molecular complexity index is 1040. The van der Waals surface area contributed by atoms with Crippen molar-refractivity contribution in [1.29, 1.82) is 0 Å². The van der Waals surface area contributed by atoms with E-state index >= 15 is 0 Å². The molecule has 0 saturated heterocycles. The fourth-order valence-corrected chi connectivity index (χ4v) is 2.59. The van der Waals surface area contributed by atoms with Gasteiger partial charge in [-0.15, -0.1) is 10.2 Å².